The van der Waals surface area contributed by atoms with Gasteiger partial charge in [0.05, 0.1) is 17.0 Å². The Labute approximate surface area is 136 Å². The van der Waals surface area contributed by atoms with Gasteiger partial charge in [-0.3, -0.25) is 4.79 Å². The van der Waals surface area contributed by atoms with E-state index in [1.165, 1.54) is 18.0 Å². The van der Waals surface area contributed by atoms with Crippen LogP contribution in [0.4, 0.5) is 18.9 Å². The lowest BCUT2D eigenvalue weighted by atomic mass is 10.1. The molecule has 1 aliphatic carbocycles. The summed E-state index contributed by atoms with van der Waals surface area (Å²) in [6, 6.07) is 0.00294. The third kappa shape index (κ3) is 2.14. The summed E-state index contributed by atoms with van der Waals surface area (Å²) < 4.78 is 45.9. The Kier molecular flexibility index (Phi) is 3.38. The summed E-state index contributed by atoms with van der Waals surface area (Å²) in [5.41, 5.74) is -1.10. The maximum atomic E-state index is 15.2. The summed E-state index contributed by atoms with van der Waals surface area (Å²) in [5.74, 6) is -3.60. The molecule has 0 bridgehead atoms. The summed E-state index contributed by atoms with van der Waals surface area (Å²) in [4.78, 5) is 13.6. The number of β-amino-alcohol motifs (C(OH)–C–C–N with tert-alkyl or cyclic N) is 1. The second-order valence-corrected chi connectivity index (χ2v) is 6.68. The minimum absolute atomic E-state index is 0.00294. The molecule has 1 saturated carbocycles. The average molecular weight is 338 g/mol. The zero-order valence-corrected chi connectivity index (χ0v) is 13.2. The maximum Gasteiger partial charge on any atom is 0.195 e. The van der Waals surface area contributed by atoms with E-state index in [0.717, 1.165) is 12.8 Å². The fraction of sp³-hybridized carbons (Fsp3) is 0.471. The summed E-state index contributed by atoms with van der Waals surface area (Å²) in [5, 5.41) is 9.10. The first-order valence-electron chi connectivity index (χ1n) is 8.05. The fourth-order valence-corrected chi connectivity index (χ4v) is 3.48. The van der Waals surface area contributed by atoms with Crippen molar-refractivity contribution in [2.45, 2.75) is 38.3 Å². The quantitative estimate of drug-likeness (QED) is 0.857. The largest absolute Gasteiger partial charge is 0.391 e. The first-order chi connectivity index (χ1) is 11.4. The first-order valence-corrected chi connectivity index (χ1v) is 8.05. The first kappa shape index (κ1) is 15.5. The Hall–Kier alpha value is -2.02. The van der Waals surface area contributed by atoms with Gasteiger partial charge in [-0.1, -0.05) is 0 Å². The minimum Gasteiger partial charge on any atom is -0.391 e. The SMILES string of the molecule is Cc1cn(C2CC2)c2c(F)c(N3CCC(O)C3)c(F)c(F)c2c1=O. The van der Waals surface area contributed by atoms with E-state index < -0.39 is 40.1 Å². The molecule has 0 spiro atoms. The molecule has 2 aliphatic rings. The lowest BCUT2D eigenvalue weighted by Gasteiger charge is -2.22. The predicted molar refractivity (Wildman–Crippen MR) is 83.9 cm³/mol. The fourth-order valence-electron chi connectivity index (χ4n) is 3.48. The van der Waals surface area contributed by atoms with Crippen molar-refractivity contribution in [1.82, 2.24) is 4.57 Å². The van der Waals surface area contributed by atoms with Gasteiger partial charge in [-0.05, 0) is 26.2 Å². The van der Waals surface area contributed by atoms with Crippen LogP contribution in [0.15, 0.2) is 11.0 Å². The van der Waals surface area contributed by atoms with E-state index in [2.05, 4.69) is 0 Å². The lowest BCUT2D eigenvalue weighted by Crippen LogP contribution is -2.26. The van der Waals surface area contributed by atoms with Crippen molar-refractivity contribution in [2.24, 2.45) is 0 Å². The standard InChI is InChI=1S/C17H17F3N2O2/c1-8-6-22(9-2-3-9)15-11(17(8)24)12(18)13(19)16(14(15)20)21-5-4-10(23)7-21/h6,9-10,23H,2-5,7H2,1H3. The van der Waals surface area contributed by atoms with Crippen molar-refractivity contribution < 1.29 is 18.3 Å². The normalized spacial score (nSPS) is 21.0. The van der Waals surface area contributed by atoms with E-state index in [4.69, 9.17) is 0 Å². The van der Waals surface area contributed by atoms with Crippen LogP contribution in [-0.2, 0) is 0 Å². The second-order valence-electron chi connectivity index (χ2n) is 6.68. The monoisotopic (exact) mass is 338 g/mol. The maximum absolute atomic E-state index is 15.2. The molecule has 0 amide bonds. The van der Waals surface area contributed by atoms with E-state index >= 15 is 4.39 Å². The number of rotatable bonds is 2. The van der Waals surface area contributed by atoms with Crippen LogP contribution in [0.25, 0.3) is 10.9 Å². The van der Waals surface area contributed by atoms with E-state index in [9.17, 15) is 18.7 Å². The van der Waals surface area contributed by atoms with Gasteiger partial charge >= 0.3 is 0 Å². The molecule has 7 heteroatoms. The van der Waals surface area contributed by atoms with Gasteiger partial charge in [-0.25, -0.2) is 13.2 Å². The number of benzene rings is 1. The Morgan fingerprint density at radius 3 is 2.42 bits per heavy atom. The molecular weight excluding hydrogens is 321 g/mol. The van der Waals surface area contributed by atoms with E-state index in [0.29, 0.717) is 6.42 Å². The number of pyridine rings is 1. The van der Waals surface area contributed by atoms with Gasteiger partial charge in [-0.2, -0.15) is 0 Å². The molecule has 2 heterocycles. The summed E-state index contributed by atoms with van der Waals surface area (Å²) in [7, 11) is 0. The molecule has 128 valence electrons. The molecule has 2 fully saturated rings. The van der Waals surface area contributed by atoms with Gasteiger partial charge in [0.2, 0.25) is 0 Å². The number of nitrogens with zero attached hydrogens (tertiary/aromatic N) is 2. The molecule has 24 heavy (non-hydrogen) atoms. The molecule has 0 radical (unpaired) electrons. The number of aromatic nitrogens is 1. The number of aryl methyl sites for hydroxylation is 1. The van der Waals surface area contributed by atoms with Gasteiger partial charge in [0.1, 0.15) is 5.69 Å². The van der Waals surface area contributed by atoms with Crippen LogP contribution in [0.3, 0.4) is 0 Å². The van der Waals surface area contributed by atoms with Gasteiger partial charge in [0.15, 0.2) is 22.9 Å². The van der Waals surface area contributed by atoms with Crippen LogP contribution in [0.5, 0.6) is 0 Å². The minimum atomic E-state index is -1.36. The van der Waals surface area contributed by atoms with Crippen molar-refractivity contribution in [3.63, 3.8) is 0 Å². The van der Waals surface area contributed by atoms with Crippen molar-refractivity contribution >= 4 is 16.6 Å². The lowest BCUT2D eigenvalue weighted by molar-refractivity contribution is 0.198. The third-order valence-corrected chi connectivity index (χ3v) is 4.87. The highest BCUT2D eigenvalue weighted by Gasteiger charge is 2.34. The number of aliphatic hydroxyl groups excluding tert-OH is 1. The molecule has 4 rings (SSSR count). The predicted octanol–water partition coefficient (Wildman–Crippen LogP) is 2.63. The number of aliphatic hydroxyl groups is 1. The molecule has 1 aromatic heterocycles. The van der Waals surface area contributed by atoms with Crippen LogP contribution in [0, 0.1) is 24.4 Å². The van der Waals surface area contributed by atoms with Gasteiger partial charge in [-0.15, -0.1) is 0 Å². The highest BCUT2D eigenvalue weighted by Crippen LogP contribution is 2.40. The average Bonchev–Trinajstić information content (AvgIpc) is 3.30. The molecule has 1 unspecified atom stereocenters. The van der Waals surface area contributed by atoms with Crippen molar-refractivity contribution in [2.75, 3.05) is 18.0 Å². The smallest absolute Gasteiger partial charge is 0.195 e. The van der Waals surface area contributed by atoms with Gasteiger partial charge < -0.3 is 14.6 Å². The number of fused-ring (bicyclic) bond motifs is 1. The van der Waals surface area contributed by atoms with Crippen LogP contribution in [0.2, 0.25) is 0 Å². The molecule has 1 aromatic carbocycles. The van der Waals surface area contributed by atoms with E-state index in [-0.39, 0.29) is 30.2 Å². The number of hydrogen-bond donors (Lipinski definition) is 1. The zero-order chi connectivity index (χ0) is 17.2. The Bertz CT molecular complexity index is 905. The van der Waals surface area contributed by atoms with Gasteiger partial charge in [0, 0.05) is 30.9 Å². The molecular formula is C17H17F3N2O2. The number of halogens is 3. The van der Waals surface area contributed by atoms with E-state index in [1.54, 1.807) is 4.57 Å². The highest BCUT2D eigenvalue weighted by atomic mass is 19.2. The Morgan fingerprint density at radius 2 is 1.83 bits per heavy atom. The van der Waals surface area contributed by atoms with Crippen LogP contribution in [-0.4, -0.2) is 28.9 Å². The van der Waals surface area contributed by atoms with Crippen molar-refractivity contribution in [3.8, 4) is 0 Å². The Balaban J connectivity index is 2.08. The molecule has 1 saturated heterocycles. The molecule has 2 aromatic rings. The summed E-state index contributed by atoms with van der Waals surface area (Å²) in [6.45, 7) is 1.79. The molecule has 1 atom stereocenters. The van der Waals surface area contributed by atoms with E-state index in [1.807, 2.05) is 0 Å². The van der Waals surface area contributed by atoms with Gasteiger partial charge in [0.25, 0.3) is 0 Å². The third-order valence-electron chi connectivity index (χ3n) is 4.87. The van der Waals surface area contributed by atoms with Crippen LogP contribution >= 0.6 is 0 Å². The van der Waals surface area contributed by atoms with Crippen LogP contribution < -0.4 is 10.3 Å². The molecule has 1 N–H and O–H groups in total. The summed E-state index contributed by atoms with van der Waals surface area (Å²) >= 11 is 0. The number of hydrogen-bond acceptors (Lipinski definition) is 3. The number of anilines is 1. The second kappa shape index (κ2) is 5.24. The van der Waals surface area contributed by atoms with Crippen molar-refractivity contribution in [3.05, 3.63) is 39.4 Å². The highest BCUT2D eigenvalue weighted by molar-refractivity contribution is 5.85. The zero-order valence-electron chi connectivity index (χ0n) is 13.2. The van der Waals surface area contributed by atoms with Crippen LogP contribution in [0.1, 0.15) is 30.9 Å². The Morgan fingerprint density at radius 1 is 1.12 bits per heavy atom. The molecule has 1 aliphatic heterocycles. The summed E-state index contributed by atoms with van der Waals surface area (Å²) in [6.07, 6.45) is 2.81. The van der Waals surface area contributed by atoms with Crippen molar-refractivity contribution in [1.29, 1.82) is 0 Å². The topological polar surface area (TPSA) is 45.5 Å². The molecule has 4 nitrogen and oxygen atoms in total.